The van der Waals surface area contributed by atoms with Crippen LogP contribution in [0.4, 0.5) is 18.0 Å². The SMILES string of the molecule is CC1(C)[C@@H]2[C@@H](C(=O)N[C@H](C#N)C[C@@H]3CC4(CC4)NC3=O)N(C(=O)I([I-]NC(=O)C(F)(F)F)C3(C)CC3)C[C@@H]21. The molecule has 212 valence electrons. The van der Waals surface area contributed by atoms with Crippen LogP contribution >= 0.6 is 15.8 Å². The Hall–Kier alpha value is -1.38. The van der Waals surface area contributed by atoms with Crippen LogP contribution in [-0.2, 0) is 14.4 Å². The number of amides is 4. The molecule has 0 aromatic rings. The summed E-state index contributed by atoms with van der Waals surface area (Å²) in [5.41, 5.74) is -0.317. The van der Waals surface area contributed by atoms with Crippen LogP contribution in [0, 0.1) is 34.5 Å². The van der Waals surface area contributed by atoms with E-state index in [4.69, 9.17) is 0 Å². The van der Waals surface area contributed by atoms with E-state index in [1.807, 2.05) is 24.3 Å². The second-order valence-corrected chi connectivity index (χ2v) is 26.1. The van der Waals surface area contributed by atoms with Gasteiger partial charge in [0.05, 0.1) is 0 Å². The van der Waals surface area contributed by atoms with Crippen LogP contribution in [0.15, 0.2) is 0 Å². The van der Waals surface area contributed by atoms with Crippen molar-refractivity contribution in [2.75, 3.05) is 6.54 Å². The van der Waals surface area contributed by atoms with Gasteiger partial charge < -0.3 is 0 Å². The van der Waals surface area contributed by atoms with E-state index in [1.165, 1.54) is 0 Å². The minimum atomic E-state index is -5.00. The summed E-state index contributed by atoms with van der Waals surface area (Å²) < 4.78 is 39.9. The van der Waals surface area contributed by atoms with Crippen LogP contribution < -0.4 is 31.7 Å². The van der Waals surface area contributed by atoms with Gasteiger partial charge in [0.1, 0.15) is 0 Å². The number of hydrogen-bond acceptors (Lipinski definition) is 5. The standard InChI is InChI=1S/C24H31F3I2N5O4/c1-21(2)14-11-34(20(38)29(22(3)4-5-22)28-33-19(37)24(25,26)27)16(15(14)21)18(36)31-13(10-30)8-12-9-23(6-7-23)32-17(12)35/h12-16H,4-9,11H2,1-3H3,(H,31,36)(H,32,35)(H,33,37)/q-1/t12-,13+,14+,15+,16+/m1/s1. The number of nitrogens with one attached hydrogen (secondary N) is 3. The first kappa shape index (κ1) is 28.2. The molecular weight excluding hydrogens is 733 g/mol. The number of fused-ring (bicyclic) bond motifs is 1. The molecule has 0 unspecified atom stereocenters. The van der Waals surface area contributed by atoms with Crippen molar-refractivity contribution in [1.29, 1.82) is 5.26 Å². The van der Waals surface area contributed by atoms with Gasteiger partial charge in [-0.3, -0.25) is 0 Å². The van der Waals surface area contributed by atoms with Crippen molar-refractivity contribution >= 4 is 37.5 Å². The molecule has 2 aliphatic heterocycles. The van der Waals surface area contributed by atoms with Crippen molar-refractivity contribution in [3.63, 3.8) is 0 Å². The first-order valence-corrected chi connectivity index (χ1v) is 22.2. The summed E-state index contributed by atoms with van der Waals surface area (Å²) in [5, 5.41) is 15.5. The van der Waals surface area contributed by atoms with Crippen molar-refractivity contribution in [1.82, 2.24) is 19.1 Å². The van der Waals surface area contributed by atoms with E-state index in [0.29, 0.717) is 13.0 Å². The van der Waals surface area contributed by atoms with Crippen LogP contribution in [0.25, 0.3) is 0 Å². The molecule has 5 fully saturated rings. The summed E-state index contributed by atoms with van der Waals surface area (Å²) in [6.45, 7) is 6.30. The Bertz CT molecular complexity index is 1120. The summed E-state index contributed by atoms with van der Waals surface area (Å²) in [5.74, 6) is -2.94. The summed E-state index contributed by atoms with van der Waals surface area (Å²) in [6, 6.07) is 0.395. The topological polar surface area (TPSA) is 131 Å². The molecule has 0 radical (unpaired) electrons. The molecule has 3 saturated carbocycles. The number of carbonyl (C=O) groups excluding carboxylic acids is 4. The van der Waals surface area contributed by atoms with Gasteiger partial charge >= 0.3 is 234 Å². The number of rotatable bonds is 8. The van der Waals surface area contributed by atoms with Crippen LogP contribution in [0.3, 0.4) is 0 Å². The van der Waals surface area contributed by atoms with E-state index in [2.05, 4.69) is 16.7 Å². The molecular formula is C24H31F3I2N5O4-. The normalized spacial score (nSPS) is 32.1. The molecule has 5 rings (SSSR count). The van der Waals surface area contributed by atoms with Crippen molar-refractivity contribution in [3.05, 3.63) is 0 Å². The molecule has 38 heavy (non-hydrogen) atoms. The zero-order valence-electron chi connectivity index (χ0n) is 21.3. The molecule has 0 bridgehead atoms. The fraction of sp³-hybridized carbons (Fsp3) is 0.792. The number of alkyl halides is 4. The molecule has 0 aromatic carbocycles. The average Bonchev–Trinajstić information content (AvgIpc) is 3.75. The van der Waals surface area contributed by atoms with Gasteiger partial charge in [0.15, 0.2) is 0 Å². The number of piperidine rings is 1. The Morgan fingerprint density at radius 3 is 2.42 bits per heavy atom. The minimum absolute atomic E-state index is 0.0887. The second-order valence-electron chi connectivity index (χ2n) is 12.0. The number of likely N-dealkylation sites (tertiary alicyclic amines) is 1. The molecule has 3 N–H and O–H groups in total. The molecule has 3 aliphatic carbocycles. The third-order valence-corrected chi connectivity index (χ3v) is 27.8. The zero-order valence-corrected chi connectivity index (χ0v) is 25.6. The van der Waals surface area contributed by atoms with Crippen LogP contribution in [0.2, 0.25) is 0 Å². The quantitative estimate of drug-likeness (QED) is 0.104. The number of halogens is 5. The maximum absolute atomic E-state index is 13.8. The fourth-order valence-corrected chi connectivity index (χ4v) is 22.1. The predicted octanol–water partition coefficient (Wildman–Crippen LogP) is -0.214. The van der Waals surface area contributed by atoms with E-state index >= 15 is 0 Å². The Labute approximate surface area is 232 Å². The fourth-order valence-electron chi connectivity index (χ4n) is 5.97. The van der Waals surface area contributed by atoms with Crippen LogP contribution in [0.1, 0.15) is 59.3 Å². The van der Waals surface area contributed by atoms with E-state index < -0.39 is 63.4 Å². The van der Waals surface area contributed by atoms with Crippen molar-refractivity contribution < 1.29 is 49.9 Å². The van der Waals surface area contributed by atoms with E-state index in [-0.39, 0.29) is 48.4 Å². The Morgan fingerprint density at radius 1 is 1.24 bits per heavy atom. The number of nitrogens with zero attached hydrogens (tertiary/aromatic N) is 2. The van der Waals surface area contributed by atoms with E-state index in [1.54, 1.807) is 4.90 Å². The van der Waals surface area contributed by atoms with E-state index in [9.17, 15) is 37.6 Å². The third-order valence-electron chi connectivity index (χ3n) is 8.88. The van der Waals surface area contributed by atoms with Crippen molar-refractivity contribution in [3.8, 4) is 6.07 Å². The monoisotopic (exact) mass is 764 g/mol. The summed E-state index contributed by atoms with van der Waals surface area (Å²) >= 11 is -4.27. The van der Waals surface area contributed by atoms with Crippen LogP contribution in [0.5, 0.6) is 0 Å². The summed E-state index contributed by atoms with van der Waals surface area (Å²) in [4.78, 5) is 52.8. The van der Waals surface area contributed by atoms with Gasteiger partial charge in [0, 0.05) is 0 Å². The average molecular weight is 764 g/mol. The van der Waals surface area contributed by atoms with Crippen LogP contribution in [-0.4, -0.2) is 60.3 Å². The molecule has 4 amide bonds. The number of carbonyl (C=O) groups is 4. The predicted molar refractivity (Wildman–Crippen MR) is 133 cm³/mol. The Morgan fingerprint density at radius 2 is 1.89 bits per heavy atom. The maximum atomic E-state index is 13.8. The van der Waals surface area contributed by atoms with Crippen molar-refractivity contribution in [2.24, 2.45) is 23.2 Å². The summed E-state index contributed by atoms with van der Waals surface area (Å²) in [6.07, 6.45) is -0.853. The van der Waals surface area contributed by atoms with Gasteiger partial charge in [-0.15, -0.1) is 0 Å². The zero-order chi connectivity index (χ0) is 27.8. The van der Waals surface area contributed by atoms with Crippen molar-refractivity contribution in [2.45, 2.75) is 86.5 Å². The molecule has 14 heteroatoms. The van der Waals surface area contributed by atoms with Gasteiger partial charge in [-0.05, 0) is 0 Å². The van der Waals surface area contributed by atoms with Gasteiger partial charge in [0.25, 0.3) is 0 Å². The molecule has 0 aromatic heterocycles. The molecule has 5 atom stereocenters. The summed E-state index contributed by atoms with van der Waals surface area (Å²) in [7, 11) is 0. The second kappa shape index (κ2) is 9.34. The molecule has 9 nitrogen and oxygen atoms in total. The third kappa shape index (κ3) is 5.10. The van der Waals surface area contributed by atoms with Gasteiger partial charge in [-0.1, -0.05) is 0 Å². The molecule has 1 spiro atoms. The van der Waals surface area contributed by atoms with Gasteiger partial charge in [0.2, 0.25) is 0 Å². The van der Waals surface area contributed by atoms with Gasteiger partial charge in [-0.25, -0.2) is 0 Å². The Kier molecular flexibility index (Phi) is 6.92. The first-order chi connectivity index (χ1) is 17.6. The van der Waals surface area contributed by atoms with Gasteiger partial charge in [-0.2, -0.15) is 0 Å². The van der Waals surface area contributed by atoms with E-state index in [0.717, 1.165) is 25.7 Å². The number of hydrogen-bond donors (Lipinski definition) is 3. The molecule has 2 saturated heterocycles. The Balaban J connectivity index is 1.29. The number of nitriles is 1. The first-order valence-electron chi connectivity index (χ1n) is 12.7. The molecule has 2 heterocycles. The molecule has 5 aliphatic rings.